The van der Waals surface area contributed by atoms with Crippen LogP contribution in [-0.2, 0) is 22.7 Å². The summed E-state index contributed by atoms with van der Waals surface area (Å²) < 4.78 is 67.8. The smallest absolute Gasteiger partial charge is 0.482 e. The topological polar surface area (TPSA) is 120 Å². The van der Waals surface area contributed by atoms with E-state index in [2.05, 4.69) is 25.1 Å². The quantitative estimate of drug-likeness (QED) is 0.220. The van der Waals surface area contributed by atoms with Crippen molar-refractivity contribution in [1.29, 1.82) is 0 Å². The highest BCUT2D eigenvalue weighted by atomic mass is 32.2. The molecule has 0 unspecified atom stereocenters. The zero-order valence-electron chi connectivity index (χ0n) is 23.7. The van der Waals surface area contributed by atoms with E-state index in [1.54, 1.807) is 7.11 Å². The SMILES string of the molecule is COCc1ccc(C)cc1N1C(=O)CSC1=NC(=O)Nc1ccc(OCc2ncn(-c3ccc(OC(F)(F)F)cc3)n2)c(F)c1. The average molecular weight is 645 g/mol. The summed E-state index contributed by atoms with van der Waals surface area (Å²) in [7, 11) is 1.54. The maximum Gasteiger partial charge on any atom is 0.573 e. The number of nitrogens with zero attached hydrogens (tertiary/aromatic N) is 5. The molecule has 0 spiro atoms. The molecule has 16 heteroatoms. The molecule has 0 aliphatic carbocycles. The third kappa shape index (κ3) is 7.96. The predicted octanol–water partition coefficient (Wildman–Crippen LogP) is 6.01. The van der Waals surface area contributed by atoms with Crippen LogP contribution in [0.25, 0.3) is 5.69 Å². The van der Waals surface area contributed by atoms with Gasteiger partial charge in [-0.3, -0.25) is 9.69 Å². The number of aromatic nitrogens is 3. The van der Waals surface area contributed by atoms with Gasteiger partial charge in [-0.25, -0.2) is 18.9 Å². The van der Waals surface area contributed by atoms with E-state index < -0.39 is 18.2 Å². The third-order valence-corrected chi connectivity index (χ3v) is 7.08. The van der Waals surface area contributed by atoms with Crippen LogP contribution in [-0.4, -0.2) is 51.1 Å². The summed E-state index contributed by atoms with van der Waals surface area (Å²) >= 11 is 1.11. The minimum absolute atomic E-state index is 0.101. The van der Waals surface area contributed by atoms with Gasteiger partial charge in [0.2, 0.25) is 5.91 Å². The summed E-state index contributed by atoms with van der Waals surface area (Å²) in [6.07, 6.45) is -3.48. The maximum absolute atomic E-state index is 14.8. The number of carbonyl (C=O) groups excluding carboxylic acids is 2. The minimum Gasteiger partial charge on any atom is -0.482 e. The molecule has 0 saturated carbocycles. The summed E-state index contributed by atoms with van der Waals surface area (Å²) in [6.45, 7) is 1.92. The van der Waals surface area contributed by atoms with Crippen LogP contribution in [0.2, 0.25) is 0 Å². The Morgan fingerprint density at radius 2 is 1.87 bits per heavy atom. The molecule has 45 heavy (non-hydrogen) atoms. The number of hydrogen-bond acceptors (Lipinski definition) is 8. The summed E-state index contributed by atoms with van der Waals surface area (Å²) in [6, 6.07) is 13.5. The van der Waals surface area contributed by atoms with Crippen molar-refractivity contribution in [1.82, 2.24) is 14.8 Å². The first kappa shape index (κ1) is 31.5. The van der Waals surface area contributed by atoms with Crippen LogP contribution in [0.15, 0.2) is 72.0 Å². The number of amidine groups is 1. The number of anilines is 2. The van der Waals surface area contributed by atoms with E-state index in [1.807, 2.05) is 25.1 Å². The zero-order chi connectivity index (χ0) is 32.1. The van der Waals surface area contributed by atoms with E-state index in [-0.39, 0.29) is 53.1 Å². The number of amides is 3. The molecule has 1 aromatic heterocycles. The molecule has 1 fully saturated rings. The molecule has 5 rings (SSSR count). The predicted molar refractivity (Wildman–Crippen MR) is 157 cm³/mol. The molecular weight excluding hydrogens is 620 g/mol. The number of thioether (sulfide) groups is 1. The van der Waals surface area contributed by atoms with Gasteiger partial charge < -0.3 is 19.5 Å². The molecule has 11 nitrogen and oxygen atoms in total. The molecule has 1 aliphatic rings. The normalized spacial score (nSPS) is 14.2. The van der Waals surface area contributed by atoms with Gasteiger partial charge in [-0.2, -0.15) is 4.99 Å². The first-order valence-electron chi connectivity index (χ1n) is 13.1. The van der Waals surface area contributed by atoms with Gasteiger partial charge in [0.05, 0.1) is 23.7 Å². The Kier molecular flexibility index (Phi) is 9.34. The van der Waals surface area contributed by atoms with Gasteiger partial charge in [0.15, 0.2) is 22.6 Å². The van der Waals surface area contributed by atoms with Crippen molar-refractivity contribution in [3.8, 4) is 17.2 Å². The van der Waals surface area contributed by atoms with E-state index in [1.165, 1.54) is 40.2 Å². The van der Waals surface area contributed by atoms with Gasteiger partial charge in [-0.05, 0) is 55.0 Å². The third-order valence-electron chi connectivity index (χ3n) is 6.16. The lowest BCUT2D eigenvalue weighted by atomic mass is 10.1. The number of nitrogens with one attached hydrogen (secondary N) is 1. The lowest BCUT2D eigenvalue weighted by Crippen LogP contribution is -2.31. The van der Waals surface area contributed by atoms with Crippen molar-refractivity contribution in [2.45, 2.75) is 26.5 Å². The highest BCUT2D eigenvalue weighted by molar-refractivity contribution is 8.15. The van der Waals surface area contributed by atoms with Crippen molar-refractivity contribution in [2.24, 2.45) is 4.99 Å². The summed E-state index contributed by atoms with van der Waals surface area (Å²) in [4.78, 5) is 34.9. The standard InChI is InChI=1S/C29H24F4N6O5S/c1-17-3-4-18(13-42-2)23(11-17)39-26(40)15-45-28(39)36-27(41)35-19-5-10-24(22(30)12-19)43-14-25-34-16-38(37-25)20-6-8-21(9-7-20)44-29(31,32)33/h3-12,16H,13-15H2,1-2H3,(H,35,41). The average Bonchev–Trinajstić information content (AvgIpc) is 3.59. The molecule has 1 saturated heterocycles. The Balaban J connectivity index is 1.21. The van der Waals surface area contributed by atoms with Crippen molar-refractivity contribution < 1.29 is 41.4 Å². The number of aliphatic imine (C=N–C) groups is 1. The number of alkyl halides is 3. The van der Waals surface area contributed by atoms with E-state index in [9.17, 15) is 27.2 Å². The second kappa shape index (κ2) is 13.4. The molecular formula is C29H24F4N6O5S. The molecule has 3 aromatic carbocycles. The van der Waals surface area contributed by atoms with Crippen LogP contribution in [0.4, 0.5) is 33.7 Å². The number of halogens is 4. The molecule has 4 aromatic rings. The van der Waals surface area contributed by atoms with E-state index >= 15 is 0 Å². The van der Waals surface area contributed by atoms with Crippen LogP contribution in [0.3, 0.4) is 0 Å². The van der Waals surface area contributed by atoms with Crippen molar-refractivity contribution in [3.63, 3.8) is 0 Å². The first-order valence-corrected chi connectivity index (χ1v) is 14.1. The van der Waals surface area contributed by atoms with Gasteiger partial charge in [0, 0.05) is 24.4 Å². The van der Waals surface area contributed by atoms with Crippen LogP contribution in [0.1, 0.15) is 17.0 Å². The molecule has 1 aliphatic heterocycles. The number of hydrogen-bond donors (Lipinski definition) is 1. The van der Waals surface area contributed by atoms with E-state index in [0.29, 0.717) is 11.4 Å². The highest BCUT2D eigenvalue weighted by Gasteiger charge is 2.32. The maximum atomic E-state index is 14.8. The minimum atomic E-state index is -4.80. The highest BCUT2D eigenvalue weighted by Crippen LogP contribution is 2.31. The summed E-state index contributed by atoms with van der Waals surface area (Å²) in [5.41, 5.74) is 2.74. The van der Waals surface area contributed by atoms with Crippen molar-refractivity contribution in [2.75, 3.05) is 23.1 Å². The fourth-order valence-electron chi connectivity index (χ4n) is 4.21. The molecule has 2 heterocycles. The Morgan fingerprint density at radius 3 is 2.58 bits per heavy atom. The van der Waals surface area contributed by atoms with Crippen LogP contribution in [0, 0.1) is 12.7 Å². The molecule has 0 atom stereocenters. The largest absolute Gasteiger partial charge is 0.573 e. The van der Waals surface area contributed by atoms with Crippen LogP contribution in [0.5, 0.6) is 11.5 Å². The van der Waals surface area contributed by atoms with Gasteiger partial charge in [-0.15, -0.1) is 18.3 Å². The van der Waals surface area contributed by atoms with E-state index in [0.717, 1.165) is 41.1 Å². The number of carbonyl (C=O) groups is 2. The van der Waals surface area contributed by atoms with Crippen molar-refractivity contribution in [3.05, 3.63) is 89.8 Å². The fourth-order valence-corrected chi connectivity index (χ4v) is 5.06. The molecule has 0 bridgehead atoms. The lowest BCUT2D eigenvalue weighted by Gasteiger charge is -2.20. The summed E-state index contributed by atoms with van der Waals surface area (Å²) in [5.74, 6) is -1.27. The Bertz CT molecular complexity index is 1750. The number of methoxy groups -OCH3 is 1. The Morgan fingerprint density at radius 1 is 1.09 bits per heavy atom. The monoisotopic (exact) mass is 644 g/mol. The molecule has 0 radical (unpaired) electrons. The first-order chi connectivity index (χ1) is 21.5. The van der Waals surface area contributed by atoms with Crippen LogP contribution >= 0.6 is 11.8 Å². The second-order valence-corrected chi connectivity index (χ2v) is 10.4. The number of urea groups is 1. The number of ether oxygens (including phenoxy) is 3. The van der Waals surface area contributed by atoms with Gasteiger partial charge in [0.1, 0.15) is 18.7 Å². The van der Waals surface area contributed by atoms with Gasteiger partial charge in [-0.1, -0.05) is 23.9 Å². The molecule has 1 N–H and O–H groups in total. The molecule has 234 valence electrons. The van der Waals surface area contributed by atoms with Crippen LogP contribution < -0.4 is 19.7 Å². The fraction of sp³-hybridized carbons (Fsp3) is 0.207. The lowest BCUT2D eigenvalue weighted by molar-refractivity contribution is -0.274. The number of aryl methyl sites for hydroxylation is 1. The zero-order valence-corrected chi connectivity index (χ0v) is 24.5. The summed E-state index contributed by atoms with van der Waals surface area (Å²) in [5, 5.41) is 6.84. The van der Waals surface area contributed by atoms with E-state index in [4.69, 9.17) is 9.47 Å². The Hall–Kier alpha value is -4.96. The van der Waals surface area contributed by atoms with Crippen molar-refractivity contribution >= 4 is 40.2 Å². The van der Waals surface area contributed by atoms with Gasteiger partial charge in [0.25, 0.3) is 0 Å². The number of benzene rings is 3. The van der Waals surface area contributed by atoms with Gasteiger partial charge >= 0.3 is 12.4 Å². The molecule has 3 amide bonds. The second-order valence-electron chi connectivity index (χ2n) is 9.49. The number of rotatable bonds is 9. The Labute approximate surface area is 257 Å².